The van der Waals surface area contributed by atoms with Crippen molar-refractivity contribution in [2.45, 2.75) is 13.0 Å². The molecule has 0 spiro atoms. The number of fused-ring (bicyclic) bond motifs is 1. The normalized spacial score (nSPS) is 18.7. The molecule has 0 saturated carbocycles. The fourth-order valence-corrected chi connectivity index (χ4v) is 3.09. The van der Waals surface area contributed by atoms with E-state index in [1.165, 1.54) is 12.3 Å². The Hall–Kier alpha value is -3.44. The molecule has 2 aliphatic rings. The highest BCUT2D eigenvalue weighted by Gasteiger charge is 2.28. The minimum atomic E-state index is -0.525. The fourth-order valence-electron chi connectivity index (χ4n) is 2.89. The third kappa shape index (κ3) is 3.94. The topological polar surface area (TPSA) is 119 Å². The van der Waals surface area contributed by atoms with Crippen molar-refractivity contribution in [2.75, 3.05) is 12.4 Å². The molecule has 8 nitrogen and oxygen atoms in total. The number of rotatable bonds is 5. The lowest BCUT2D eigenvalue weighted by atomic mass is 9.90. The monoisotopic (exact) mass is 396 g/mol. The number of hydrogen-bond acceptors (Lipinski definition) is 6. The van der Waals surface area contributed by atoms with E-state index in [4.69, 9.17) is 11.6 Å². The summed E-state index contributed by atoms with van der Waals surface area (Å²) in [6.45, 7) is 1.70. The quantitative estimate of drug-likeness (QED) is 0.651. The average molecular weight is 397 g/mol. The first-order chi connectivity index (χ1) is 13.4. The molecule has 1 aromatic heterocycles. The third-order valence-electron chi connectivity index (χ3n) is 4.27. The Morgan fingerprint density at radius 2 is 2.18 bits per heavy atom. The summed E-state index contributed by atoms with van der Waals surface area (Å²) in [5.41, 5.74) is 2.58. The Morgan fingerprint density at radius 1 is 1.39 bits per heavy atom. The number of aromatic nitrogens is 1. The van der Waals surface area contributed by atoms with Gasteiger partial charge in [-0.15, -0.1) is 0 Å². The number of anilines is 1. The van der Waals surface area contributed by atoms with E-state index in [9.17, 15) is 14.9 Å². The van der Waals surface area contributed by atoms with Gasteiger partial charge in [0.2, 0.25) is 5.91 Å². The van der Waals surface area contributed by atoms with Crippen molar-refractivity contribution in [3.05, 3.63) is 58.7 Å². The number of nitrogens with one attached hydrogen (secondary N) is 3. The largest absolute Gasteiger partial charge is 0.376 e. The van der Waals surface area contributed by atoms with Gasteiger partial charge in [-0.1, -0.05) is 11.6 Å². The number of amides is 2. The molecular formula is C19H17ClN6O2. The maximum absolute atomic E-state index is 11.9. The van der Waals surface area contributed by atoms with Crippen LogP contribution in [0.5, 0.6) is 0 Å². The maximum atomic E-state index is 11.9. The second-order valence-corrected chi connectivity index (χ2v) is 6.51. The van der Waals surface area contributed by atoms with E-state index < -0.39 is 6.04 Å². The van der Waals surface area contributed by atoms with Gasteiger partial charge in [-0.2, -0.15) is 5.26 Å². The number of allylic oxidation sites excluding steroid dienone is 3. The second kappa shape index (κ2) is 8.06. The van der Waals surface area contributed by atoms with Crippen molar-refractivity contribution in [2.24, 2.45) is 10.9 Å². The molecule has 28 heavy (non-hydrogen) atoms. The molecule has 1 aliphatic heterocycles. The van der Waals surface area contributed by atoms with E-state index >= 15 is 0 Å². The Balaban J connectivity index is 1.88. The third-order valence-corrected chi connectivity index (χ3v) is 4.56. The van der Waals surface area contributed by atoms with E-state index in [0.29, 0.717) is 22.8 Å². The number of nitriles is 1. The molecule has 0 saturated heterocycles. The van der Waals surface area contributed by atoms with Crippen molar-refractivity contribution in [1.82, 2.24) is 15.6 Å². The molecular weight excluding hydrogens is 380 g/mol. The van der Waals surface area contributed by atoms with Gasteiger partial charge in [0.05, 0.1) is 17.3 Å². The number of aliphatic imine (C=N–C) groups is 1. The summed E-state index contributed by atoms with van der Waals surface area (Å²) >= 11 is 5.97. The molecule has 0 radical (unpaired) electrons. The minimum absolute atomic E-state index is 0.111. The highest BCUT2D eigenvalue weighted by Crippen LogP contribution is 2.27. The highest BCUT2D eigenvalue weighted by atomic mass is 35.5. The summed E-state index contributed by atoms with van der Waals surface area (Å²) in [5.74, 6) is -0.920. The molecule has 9 heteroatoms. The van der Waals surface area contributed by atoms with E-state index in [0.717, 1.165) is 0 Å². The lowest BCUT2D eigenvalue weighted by Gasteiger charge is -2.27. The van der Waals surface area contributed by atoms with Crippen LogP contribution in [0, 0.1) is 17.2 Å². The van der Waals surface area contributed by atoms with Crippen LogP contribution < -0.4 is 16.0 Å². The summed E-state index contributed by atoms with van der Waals surface area (Å²) in [5, 5.41) is 18.2. The Labute approximate surface area is 166 Å². The van der Waals surface area contributed by atoms with Crippen molar-refractivity contribution >= 4 is 34.8 Å². The van der Waals surface area contributed by atoms with E-state index in [1.54, 1.807) is 32.2 Å². The molecule has 142 valence electrons. The summed E-state index contributed by atoms with van der Waals surface area (Å²) in [6.07, 6.45) is 8.21. The number of dihydropyridines is 1. The molecule has 2 amide bonds. The van der Waals surface area contributed by atoms with E-state index in [1.807, 2.05) is 12.1 Å². The molecule has 3 rings (SSSR count). The zero-order valence-corrected chi connectivity index (χ0v) is 15.9. The molecule has 0 aromatic carbocycles. The first kappa shape index (κ1) is 19.3. The van der Waals surface area contributed by atoms with Gasteiger partial charge in [-0.25, -0.2) is 9.98 Å². The summed E-state index contributed by atoms with van der Waals surface area (Å²) in [4.78, 5) is 31.7. The van der Waals surface area contributed by atoms with Gasteiger partial charge in [0.1, 0.15) is 22.8 Å². The van der Waals surface area contributed by atoms with Crippen LogP contribution in [0.1, 0.15) is 12.5 Å². The lowest BCUT2D eigenvalue weighted by molar-refractivity contribution is -0.122. The summed E-state index contributed by atoms with van der Waals surface area (Å²) < 4.78 is 0. The second-order valence-electron chi connectivity index (χ2n) is 6.15. The van der Waals surface area contributed by atoms with Gasteiger partial charge in [-0.05, 0) is 31.2 Å². The van der Waals surface area contributed by atoms with Crippen LogP contribution in [0.2, 0.25) is 5.15 Å². The van der Waals surface area contributed by atoms with E-state index in [2.05, 4.69) is 25.9 Å². The Bertz CT molecular complexity index is 1000. The summed E-state index contributed by atoms with van der Waals surface area (Å²) in [7, 11) is 1.55. The number of pyridine rings is 1. The molecule has 1 aliphatic carbocycles. The standard InChI is InChI=1S/C19H17ClN6O2/c1-10(19(28)22-2)24-16-8-17(27)26-14-4-3-11(7-12(14)16)25-15-5-6-23-18(20)13(15)9-21/h3-8,10,12,24H,1-2H3,(H,22,28)(H,23,25)/t10-,12?/m1/s1. The summed E-state index contributed by atoms with van der Waals surface area (Å²) in [6, 6.07) is 3.15. The molecule has 1 unspecified atom stereocenters. The van der Waals surface area contributed by atoms with Crippen molar-refractivity contribution in [1.29, 1.82) is 5.26 Å². The first-order valence-corrected chi connectivity index (χ1v) is 8.84. The minimum Gasteiger partial charge on any atom is -0.376 e. The SMILES string of the molecule is CNC(=O)[C@@H](C)NC1=CC(=O)N=C2C=CC(Nc3ccnc(Cl)c3C#N)=CC12. The van der Waals surface area contributed by atoms with Crippen molar-refractivity contribution < 1.29 is 9.59 Å². The molecule has 2 heterocycles. The van der Waals surface area contributed by atoms with Crippen LogP contribution in [0.25, 0.3) is 0 Å². The predicted molar refractivity (Wildman–Crippen MR) is 105 cm³/mol. The van der Waals surface area contributed by atoms with Crippen LogP contribution in [-0.4, -0.2) is 35.6 Å². The Kier molecular flexibility index (Phi) is 5.57. The molecule has 0 fully saturated rings. The number of hydrogen-bond donors (Lipinski definition) is 3. The number of halogens is 1. The average Bonchev–Trinajstić information content (AvgIpc) is 2.67. The molecule has 3 N–H and O–H groups in total. The van der Waals surface area contributed by atoms with Gasteiger partial charge in [0.25, 0.3) is 5.91 Å². The number of carbonyl (C=O) groups is 2. The number of likely N-dealkylation sites (N-methyl/N-ethyl adjacent to an activating group) is 1. The fraction of sp³-hybridized carbons (Fsp3) is 0.211. The first-order valence-electron chi connectivity index (χ1n) is 8.46. The zero-order valence-electron chi connectivity index (χ0n) is 15.2. The molecule has 2 atom stereocenters. The highest BCUT2D eigenvalue weighted by molar-refractivity contribution is 6.31. The van der Waals surface area contributed by atoms with Gasteiger partial charge in [0.15, 0.2) is 0 Å². The van der Waals surface area contributed by atoms with Gasteiger partial charge >= 0.3 is 0 Å². The van der Waals surface area contributed by atoms with E-state index in [-0.39, 0.29) is 28.4 Å². The number of carbonyl (C=O) groups excluding carboxylic acids is 2. The van der Waals surface area contributed by atoms with Crippen LogP contribution in [0.15, 0.2) is 53.0 Å². The van der Waals surface area contributed by atoms with Gasteiger partial charge in [-0.3, -0.25) is 9.59 Å². The van der Waals surface area contributed by atoms with Crippen LogP contribution >= 0.6 is 11.6 Å². The van der Waals surface area contributed by atoms with Crippen molar-refractivity contribution in [3.8, 4) is 6.07 Å². The predicted octanol–water partition coefficient (Wildman–Crippen LogP) is 1.68. The maximum Gasteiger partial charge on any atom is 0.271 e. The van der Waals surface area contributed by atoms with Crippen LogP contribution in [0.3, 0.4) is 0 Å². The van der Waals surface area contributed by atoms with Gasteiger partial charge in [0, 0.05) is 30.7 Å². The number of nitrogens with zero attached hydrogens (tertiary/aromatic N) is 3. The molecule has 0 bridgehead atoms. The van der Waals surface area contributed by atoms with Crippen molar-refractivity contribution in [3.63, 3.8) is 0 Å². The van der Waals surface area contributed by atoms with Crippen LogP contribution in [0.4, 0.5) is 5.69 Å². The smallest absolute Gasteiger partial charge is 0.271 e. The van der Waals surface area contributed by atoms with Crippen LogP contribution in [-0.2, 0) is 9.59 Å². The Morgan fingerprint density at radius 3 is 2.89 bits per heavy atom. The molecule has 1 aromatic rings. The van der Waals surface area contributed by atoms with Gasteiger partial charge < -0.3 is 16.0 Å². The lowest BCUT2D eigenvalue weighted by Crippen LogP contribution is -2.43. The zero-order chi connectivity index (χ0) is 20.3.